The van der Waals surface area contributed by atoms with E-state index in [9.17, 15) is 0 Å². The van der Waals surface area contributed by atoms with Crippen LogP contribution in [0.5, 0.6) is 0 Å². The molecular weight excluding hydrogens is 156 g/mol. The van der Waals surface area contributed by atoms with Gasteiger partial charge in [-0.2, -0.15) is 0 Å². The lowest BCUT2D eigenvalue weighted by molar-refractivity contribution is 0.666. The van der Waals surface area contributed by atoms with Crippen LogP contribution in [0.2, 0.25) is 0 Å². The van der Waals surface area contributed by atoms with Crippen molar-refractivity contribution in [2.24, 2.45) is 0 Å². The minimum atomic E-state index is 1.22. The summed E-state index contributed by atoms with van der Waals surface area (Å²) < 4.78 is 0. The number of allylic oxidation sites excluding steroid dienone is 5. The van der Waals surface area contributed by atoms with E-state index < -0.39 is 0 Å². The van der Waals surface area contributed by atoms with Crippen LogP contribution in [-0.2, 0) is 0 Å². The Bertz CT molecular complexity index is 241. The van der Waals surface area contributed by atoms with Crippen LogP contribution in [0, 0.1) is 0 Å². The molecule has 0 fully saturated rings. The van der Waals surface area contributed by atoms with E-state index in [0.717, 1.165) is 0 Å². The van der Waals surface area contributed by atoms with E-state index in [0.29, 0.717) is 0 Å². The molecule has 0 N–H and O–H groups in total. The van der Waals surface area contributed by atoms with Gasteiger partial charge in [0.15, 0.2) is 0 Å². The third kappa shape index (κ3) is 2.87. The molecule has 0 aromatic heterocycles. The van der Waals surface area contributed by atoms with Crippen LogP contribution in [0.1, 0.15) is 46.0 Å². The van der Waals surface area contributed by atoms with Gasteiger partial charge in [-0.25, -0.2) is 0 Å². The molecule has 72 valence electrons. The molecule has 0 saturated carbocycles. The number of unbranched alkanes of at least 4 members (excludes halogenated alkanes) is 3. The summed E-state index contributed by atoms with van der Waals surface area (Å²) in [4.78, 5) is 0. The average Bonchev–Trinajstić information content (AvgIpc) is 2.42. The first-order chi connectivity index (χ1) is 6.25. The van der Waals surface area contributed by atoms with Gasteiger partial charge in [0.25, 0.3) is 0 Å². The lowest BCUT2D eigenvalue weighted by atomic mass is 10.0. The average molecular weight is 176 g/mol. The molecule has 0 nitrogen and oxygen atoms in total. The molecule has 1 rings (SSSR count). The van der Waals surface area contributed by atoms with Crippen LogP contribution in [0.15, 0.2) is 35.5 Å². The van der Waals surface area contributed by atoms with Gasteiger partial charge in [-0.3, -0.25) is 0 Å². The van der Waals surface area contributed by atoms with Crippen molar-refractivity contribution < 1.29 is 0 Å². The summed E-state index contributed by atoms with van der Waals surface area (Å²) in [7, 11) is 0. The second kappa shape index (κ2) is 5.06. The van der Waals surface area contributed by atoms with Crippen molar-refractivity contribution in [2.45, 2.75) is 46.0 Å². The summed E-state index contributed by atoms with van der Waals surface area (Å²) in [5.41, 5.74) is 4.13. The maximum absolute atomic E-state index is 4.04. The SMILES string of the molecule is C=C1C=CC(C)=C1CCCCCC. The summed E-state index contributed by atoms with van der Waals surface area (Å²) in [6.07, 6.45) is 10.9. The van der Waals surface area contributed by atoms with Crippen molar-refractivity contribution in [3.05, 3.63) is 35.5 Å². The van der Waals surface area contributed by atoms with Crippen LogP contribution in [-0.4, -0.2) is 0 Å². The summed E-state index contributed by atoms with van der Waals surface area (Å²) in [5.74, 6) is 0. The molecule has 0 atom stereocenters. The monoisotopic (exact) mass is 176 g/mol. The van der Waals surface area contributed by atoms with E-state index in [1.54, 1.807) is 0 Å². The van der Waals surface area contributed by atoms with Crippen LogP contribution >= 0.6 is 0 Å². The fourth-order valence-corrected chi connectivity index (χ4v) is 1.77. The number of hydrogen-bond acceptors (Lipinski definition) is 0. The van der Waals surface area contributed by atoms with Gasteiger partial charge < -0.3 is 0 Å². The summed E-state index contributed by atoms with van der Waals surface area (Å²) in [6, 6.07) is 0. The van der Waals surface area contributed by atoms with Gasteiger partial charge in [-0.1, -0.05) is 44.9 Å². The Morgan fingerprint density at radius 2 is 1.92 bits per heavy atom. The second-order valence-corrected chi connectivity index (χ2v) is 3.83. The summed E-state index contributed by atoms with van der Waals surface area (Å²) in [5, 5.41) is 0. The van der Waals surface area contributed by atoms with Crippen LogP contribution in [0.3, 0.4) is 0 Å². The molecule has 0 heterocycles. The fraction of sp³-hybridized carbons (Fsp3) is 0.538. The zero-order chi connectivity index (χ0) is 9.68. The molecular formula is C13H20. The lowest BCUT2D eigenvalue weighted by Crippen LogP contribution is -1.86. The molecule has 0 aromatic carbocycles. The van der Waals surface area contributed by atoms with Crippen molar-refractivity contribution in [2.75, 3.05) is 0 Å². The first kappa shape index (κ1) is 10.3. The first-order valence-corrected chi connectivity index (χ1v) is 5.32. The predicted molar refractivity (Wildman–Crippen MR) is 59.7 cm³/mol. The van der Waals surface area contributed by atoms with Gasteiger partial charge in [0, 0.05) is 0 Å². The highest BCUT2D eigenvalue weighted by Gasteiger charge is 2.08. The van der Waals surface area contributed by atoms with E-state index in [1.807, 2.05) is 0 Å². The van der Waals surface area contributed by atoms with E-state index in [-0.39, 0.29) is 0 Å². The quantitative estimate of drug-likeness (QED) is 0.545. The highest BCUT2D eigenvalue weighted by Crippen LogP contribution is 2.27. The van der Waals surface area contributed by atoms with E-state index in [2.05, 4.69) is 32.6 Å². The summed E-state index contributed by atoms with van der Waals surface area (Å²) >= 11 is 0. The molecule has 1 aliphatic rings. The maximum Gasteiger partial charge on any atom is -0.0271 e. The van der Waals surface area contributed by atoms with Crippen LogP contribution in [0.4, 0.5) is 0 Å². The second-order valence-electron chi connectivity index (χ2n) is 3.83. The highest BCUT2D eigenvalue weighted by molar-refractivity contribution is 5.51. The molecule has 0 unspecified atom stereocenters. The molecule has 0 amide bonds. The van der Waals surface area contributed by atoms with Crippen molar-refractivity contribution in [1.82, 2.24) is 0 Å². The Balaban J connectivity index is 2.30. The number of hydrogen-bond donors (Lipinski definition) is 0. The van der Waals surface area contributed by atoms with E-state index >= 15 is 0 Å². The van der Waals surface area contributed by atoms with Gasteiger partial charge in [0.05, 0.1) is 0 Å². The Labute approximate surface area is 82.0 Å². The normalized spacial score (nSPS) is 16.0. The molecule has 0 bridgehead atoms. The molecule has 0 saturated heterocycles. The van der Waals surface area contributed by atoms with E-state index in [1.165, 1.54) is 48.8 Å². The maximum atomic E-state index is 4.04. The third-order valence-electron chi connectivity index (χ3n) is 2.68. The van der Waals surface area contributed by atoms with Crippen LogP contribution < -0.4 is 0 Å². The van der Waals surface area contributed by atoms with E-state index in [4.69, 9.17) is 0 Å². The zero-order valence-corrected chi connectivity index (χ0v) is 8.90. The Morgan fingerprint density at radius 1 is 1.15 bits per heavy atom. The first-order valence-electron chi connectivity index (χ1n) is 5.32. The van der Waals surface area contributed by atoms with Gasteiger partial charge >= 0.3 is 0 Å². The molecule has 13 heavy (non-hydrogen) atoms. The molecule has 0 spiro atoms. The minimum Gasteiger partial charge on any atom is -0.0915 e. The van der Waals surface area contributed by atoms with Crippen molar-refractivity contribution in [3.63, 3.8) is 0 Å². The molecule has 0 aliphatic heterocycles. The Hall–Kier alpha value is -0.780. The Morgan fingerprint density at radius 3 is 2.46 bits per heavy atom. The van der Waals surface area contributed by atoms with Gasteiger partial charge in [-0.15, -0.1) is 0 Å². The topological polar surface area (TPSA) is 0 Å². The highest BCUT2D eigenvalue weighted by atomic mass is 14.1. The Kier molecular flexibility index (Phi) is 4.01. The van der Waals surface area contributed by atoms with Crippen molar-refractivity contribution in [3.8, 4) is 0 Å². The van der Waals surface area contributed by atoms with Crippen molar-refractivity contribution in [1.29, 1.82) is 0 Å². The number of rotatable bonds is 5. The largest absolute Gasteiger partial charge is 0.0915 e. The molecule has 0 aromatic rings. The molecule has 0 radical (unpaired) electrons. The smallest absolute Gasteiger partial charge is 0.0271 e. The fourth-order valence-electron chi connectivity index (χ4n) is 1.77. The van der Waals surface area contributed by atoms with Crippen molar-refractivity contribution >= 4 is 0 Å². The predicted octanol–water partition coefficient (Wildman–Crippen LogP) is 4.40. The minimum absolute atomic E-state index is 1.22. The zero-order valence-electron chi connectivity index (χ0n) is 8.90. The standard InChI is InChI=1S/C13H20/c1-4-5-6-7-8-13-11(2)9-10-12(13)3/h9-10H,2,4-8H2,1,3H3. The molecule has 1 aliphatic carbocycles. The van der Waals surface area contributed by atoms with Gasteiger partial charge in [0.1, 0.15) is 0 Å². The lowest BCUT2D eigenvalue weighted by Gasteiger charge is -2.05. The van der Waals surface area contributed by atoms with Crippen LogP contribution in [0.25, 0.3) is 0 Å². The summed E-state index contributed by atoms with van der Waals surface area (Å²) in [6.45, 7) is 8.48. The third-order valence-corrected chi connectivity index (χ3v) is 2.68. The molecule has 0 heteroatoms. The van der Waals surface area contributed by atoms with Gasteiger partial charge in [0.2, 0.25) is 0 Å². The van der Waals surface area contributed by atoms with Gasteiger partial charge in [-0.05, 0) is 36.5 Å².